The molecule has 0 aliphatic heterocycles. The summed E-state index contributed by atoms with van der Waals surface area (Å²) in [6, 6.07) is 5.74. The van der Waals surface area contributed by atoms with Gasteiger partial charge in [0.25, 0.3) is 0 Å². The van der Waals surface area contributed by atoms with Crippen LogP contribution in [0.15, 0.2) is 23.6 Å². The second-order valence-corrected chi connectivity index (χ2v) is 5.72. The number of carbonyl (C=O) groups is 1. The molecule has 2 heterocycles. The van der Waals surface area contributed by atoms with Crippen molar-refractivity contribution < 1.29 is 4.79 Å². The first kappa shape index (κ1) is 13.8. The van der Waals surface area contributed by atoms with E-state index in [1.165, 1.54) is 11.5 Å². The standard InChI is InChI=1S/C15H16N4OS/c1-9-13(10(2)19(3)17-9)7-15(20)16-12-4-5-14-11(6-12)8-21-18-14/h4-6,8H,7H2,1-3H3,(H,16,20). The average molecular weight is 300 g/mol. The highest BCUT2D eigenvalue weighted by Crippen LogP contribution is 2.20. The number of anilines is 1. The van der Waals surface area contributed by atoms with Gasteiger partial charge in [-0.3, -0.25) is 9.48 Å². The molecule has 0 saturated heterocycles. The minimum absolute atomic E-state index is 0.0308. The van der Waals surface area contributed by atoms with Crippen LogP contribution in [0.1, 0.15) is 17.0 Å². The number of carbonyl (C=O) groups excluding carboxylic acids is 1. The third-order valence-electron chi connectivity index (χ3n) is 3.64. The summed E-state index contributed by atoms with van der Waals surface area (Å²) in [6.45, 7) is 3.91. The normalized spacial score (nSPS) is 11.0. The van der Waals surface area contributed by atoms with Crippen LogP contribution in [0.2, 0.25) is 0 Å². The smallest absolute Gasteiger partial charge is 0.228 e. The predicted molar refractivity (Wildman–Crippen MR) is 84.6 cm³/mol. The summed E-state index contributed by atoms with van der Waals surface area (Å²) in [5.74, 6) is -0.0308. The van der Waals surface area contributed by atoms with Crippen LogP contribution in [-0.2, 0) is 18.3 Å². The molecule has 0 spiro atoms. The van der Waals surface area contributed by atoms with Gasteiger partial charge in [-0.1, -0.05) is 0 Å². The zero-order chi connectivity index (χ0) is 15.0. The van der Waals surface area contributed by atoms with Crippen molar-refractivity contribution >= 4 is 34.0 Å². The first-order valence-electron chi connectivity index (χ1n) is 6.67. The zero-order valence-electron chi connectivity index (χ0n) is 12.2. The molecule has 1 aromatic carbocycles. The van der Waals surface area contributed by atoms with Gasteiger partial charge in [0, 0.05) is 34.8 Å². The summed E-state index contributed by atoms with van der Waals surface area (Å²) in [7, 11) is 1.89. The molecule has 0 aliphatic rings. The molecule has 3 aromatic rings. The van der Waals surface area contributed by atoms with E-state index in [1.54, 1.807) is 4.68 Å². The quantitative estimate of drug-likeness (QED) is 0.809. The summed E-state index contributed by atoms with van der Waals surface area (Å²) in [5, 5.41) is 10.3. The number of fused-ring (bicyclic) bond motifs is 1. The molecule has 1 N–H and O–H groups in total. The Bertz CT molecular complexity index is 818. The average Bonchev–Trinajstić information content (AvgIpc) is 2.99. The van der Waals surface area contributed by atoms with Crippen LogP contribution < -0.4 is 5.32 Å². The molecule has 0 aliphatic carbocycles. The number of aromatic nitrogens is 3. The molecule has 0 atom stereocenters. The SMILES string of the molecule is Cc1nn(C)c(C)c1CC(=O)Nc1ccc2nscc2c1. The molecule has 21 heavy (non-hydrogen) atoms. The van der Waals surface area contributed by atoms with Gasteiger partial charge in [-0.15, -0.1) is 0 Å². The molecule has 0 radical (unpaired) electrons. The fraction of sp³-hybridized carbons (Fsp3) is 0.267. The van der Waals surface area contributed by atoms with Crippen LogP contribution in [0.25, 0.3) is 10.9 Å². The number of benzene rings is 1. The minimum atomic E-state index is -0.0308. The predicted octanol–water partition coefficient (Wildman–Crippen LogP) is 2.83. The van der Waals surface area contributed by atoms with E-state index in [0.29, 0.717) is 6.42 Å². The van der Waals surface area contributed by atoms with Crippen molar-refractivity contribution in [2.75, 3.05) is 5.32 Å². The van der Waals surface area contributed by atoms with E-state index in [4.69, 9.17) is 0 Å². The van der Waals surface area contributed by atoms with Gasteiger partial charge >= 0.3 is 0 Å². The van der Waals surface area contributed by atoms with Crippen molar-refractivity contribution in [1.82, 2.24) is 14.2 Å². The van der Waals surface area contributed by atoms with E-state index in [2.05, 4.69) is 14.8 Å². The third kappa shape index (κ3) is 2.67. The highest BCUT2D eigenvalue weighted by molar-refractivity contribution is 7.04. The highest BCUT2D eigenvalue weighted by atomic mass is 32.1. The second kappa shape index (κ2) is 5.29. The summed E-state index contributed by atoms with van der Waals surface area (Å²) < 4.78 is 6.06. The molecule has 3 rings (SSSR count). The lowest BCUT2D eigenvalue weighted by molar-refractivity contribution is -0.115. The molecule has 0 fully saturated rings. The zero-order valence-corrected chi connectivity index (χ0v) is 13.0. The summed E-state index contributed by atoms with van der Waals surface area (Å²) in [4.78, 5) is 12.2. The Morgan fingerprint density at radius 3 is 2.90 bits per heavy atom. The summed E-state index contributed by atoms with van der Waals surface area (Å²) in [6.07, 6.45) is 0.339. The number of hydrogen-bond acceptors (Lipinski definition) is 4. The van der Waals surface area contributed by atoms with E-state index in [-0.39, 0.29) is 5.91 Å². The fourth-order valence-electron chi connectivity index (χ4n) is 2.39. The van der Waals surface area contributed by atoms with Crippen LogP contribution in [-0.4, -0.2) is 20.1 Å². The molecule has 6 heteroatoms. The van der Waals surface area contributed by atoms with Crippen molar-refractivity contribution in [2.24, 2.45) is 7.05 Å². The van der Waals surface area contributed by atoms with Crippen molar-refractivity contribution in [3.63, 3.8) is 0 Å². The molecule has 0 bridgehead atoms. The van der Waals surface area contributed by atoms with E-state index in [1.807, 2.05) is 44.5 Å². The van der Waals surface area contributed by atoms with Crippen LogP contribution in [0.5, 0.6) is 0 Å². The Balaban J connectivity index is 1.76. The summed E-state index contributed by atoms with van der Waals surface area (Å²) >= 11 is 1.42. The first-order chi connectivity index (χ1) is 10.0. The van der Waals surface area contributed by atoms with Crippen LogP contribution in [0.4, 0.5) is 5.69 Å². The van der Waals surface area contributed by atoms with Gasteiger partial charge in [-0.05, 0) is 43.6 Å². The Labute approximate surface area is 126 Å². The van der Waals surface area contributed by atoms with Crippen molar-refractivity contribution in [3.05, 3.63) is 40.5 Å². The van der Waals surface area contributed by atoms with Gasteiger partial charge in [0.05, 0.1) is 17.6 Å². The topological polar surface area (TPSA) is 59.8 Å². The molecule has 0 saturated carbocycles. The van der Waals surface area contributed by atoms with Crippen molar-refractivity contribution in [3.8, 4) is 0 Å². The Kier molecular flexibility index (Phi) is 3.47. The number of hydrogen-bond donors (Lipinski definition) is 1. The number of nitrogens with zero attached hydrogens (tertiary/aromatic N) is 3. The van der Waals surface area contributed by atoms with Gasteiger partial charge in [-0.25, -0.2) is 0 Å². The van der Waals surface area contributed by atoms with Crippen LogP contribution >= 0.6 is 11.5 Å². The largest absolute Gasteiger partial charge is 0.326 e. The third-order valence-corrected chi connectivity index (χ3v) is 4.30. The maximum atomic E-state index is 12.2. The van der Waals surface area contributed by atoms with Gasteiger partial charge in [0.1, 0.15) is 0 Å². The number of aryl methyl sites for hydroxylation is 2. The van der Waals surface area contributed by atoms with Crippen molar-refractivity contribution in [2.45, 2.75) is 20.3 Å². The lowest BCUT2D eigenvalue weighted by Crippen LogP contribution is -2.15. The first-order valence-corrected chi connectivity index (χ1v) is 7.51. The number of nitrogens with one attached hydrogen (secondary N) is 1. The highest BCUT2D eigenvalue weighted by Gasteiger charge is 2.13. The Hall–Kier alpha value is -2.21. The molecular weight excluding hydrogens is 284 g/mol. The molecule has 0 unspecified atom stereocenters. The van der Waals surface area contributed by atoms with Crippen LogP contribution in [0.3, 0.4) is 0 Å². The second-order valence-electron chi connectivity index (χ2n) is 5.09. The molecule has 1 amide bonds. The molecule has 2 aromatic heterocycles. The van der Waals surface area contributed by atoms with Crippen LogP contribution in [0, 0.1) is 13.8 Å². The maximum absolute atomic E-state index is 12.2. The number of rotatable bonds is 3. The lowest BCUT2D eigenvalue weighted by atomic mass is 10.1. The Morgan fingerprint density at radius 2 is 2.19 bits per heavy atom. The maximum Gasteiger partial charge on any atom is 0.228 e. The van der Waals surface area contributed by atoms with Gasteiger partial charge < -0.3 is 5.32 Å². The van der Waals surface area contributed by atoms with Crippen molar-refractivity contribution in [1.29, 1.82) is 0 Å². The van der Waals surface area contributed by atoms with E-state index in [0.717, 1.165) is 33.5 Å². The number of amides is 1. The van der Waals surface area contributed by atoms with Gasteiger partial charge in [-0.2, -0.15) is 9.47 Å². The van der Waals surface area contributed by atoms with Gasteiger partial charge in [0.15, 0.2) is 0 Å². The lowest BCUT2D eigenvalue weighted by Gasteiger charge is -2.06. The van der Waals surface area contributed by atoms with E-state index < -0.39 is 0 Å². The minimum Gasteiger partial charge on any atom is -0.326 e. The molecular formula is C15H16N4OS. The monoisotopic (exact) mass is 300 g/mol. The summed E-state index contributed by atoms with van der Waals surface area (Å²) in [5.41, 5.74) is 4.68. The van der Waals surface area contributed by atoms with E-state index >= 15 is 0 Å². The van der Waals surface area contributed by atoms with Gasteiger partial charge in [0.2, 0.25) is 5.91 Å². The molecule has 108 valence electrons. The molecule has 5 nitrogen and oxygen atoms in total. The van der Waals surface area contributed by atoms with E-state index in [9.17, 15) is 4.79 Å². The Morgan fingerprint density at radius 1 is 1.38 bits per heavy atom. The fourth-order valence-corrected chi connectivity index (χ4v) is 3.02.